The lowest BCUT2D eigenvalue weighted by Crippen LogP contribution is -2.77. The van der Waals surface area contributed by atoms with Crippen molar-refractivity contribution < 1.29 is 53.4 Å². The fourth-order valence-corrected chi connectivity index (χ4v) is 7.52. The maximum absolute atomic E-state index is 14.2. The van der Waals surface area contributed by atoms with Crippen LogP contribution in [0.4, 0.5) is 4.79 Å². The van der Waals surface area contributed by atoms with Gasteiger partial charge < -0.3 is 39.6 Å². The molecule has 2 saturated carbocycles. The van der Waals surface area contributed by atoms with E-state index in [1.165, 1.54) is 6.92 Å². The van der Waals surface area contributed by atoms with Gasteiger partial charge in [0.05, 0.1) is 30.1 Å². The van der Waals surface area contributed by atoms with E-state index in [1.54, 1.807) is 48.5 Å². The number of fused-ring (bicyclic) bond motifs is 5. The van der Waals surface area contributed by atoms with E-state index in [9.17, 15) is 34.5 Å². The number of ketones is 1. The van der Waals surface area contributed by atoms with Crippen LogP contribution in [0, 0.1) is 16.7 Å². The highest BCUT2D eigenvalue weighted by molar-refractivity contribution is 5.93. The molecule has 0 spiro atoms. The van der Waals surface area contributed by atoms with Gasteiger partial charge >= 0.3 is 18.0 Å². The van der Waals surface area contributed by atoms with Crippen LogP contribution in [-0.4, -0.2) is 93.5 Å². The smallest absolute Gasteiger partial charge is 0.407 e. The molecule has 12 nitrogen and oxygen atoms in total. The number of aliphatic hydroxyl groups is 3. The first kappa shape index (κ1) is 32.4. The number of carbonyl (C=O) groups is 4. The lowest BCUT2D eigenvalue weighted by atomic mass is 9.46. The molecular weight excluding hydrogens is 550 g/mol. The molecule has 4 aliphatic rings. The summed E-state index contributed by atoms with van der Waals surface area (Å²) in [4.78, 5) is 51.2. The Balaban J connectivity index is 1.67. The Bertz CT molecular complexity index is 1190. The Morgan fingerprint density at radius 2 is 1.76 bits per heavy atom. The number of hydrogen-bond donors (Lipinski definition) is 4. The van der Waals surface area contributed by atoms with Crippen molar-refractivity contribution in [2.45, 2.75) is 122 Å². The van der Waals surface area contributed by atoms with Crippen molar-refractivity contribution in [1.82, 2.24) is 5.32 Å². The fourth-order valence-electron chi connectivity index (χ4n) is 7.52. The van der Waals surface area contributed by atoms with Gasteiger partial charge in [0.15, 0.2) is 11.4 Å². The average molecular weight is 596 g/mol. The Kier molecular flexibility index (Phi) is 8.15. The second-order valence-corrected chi connectivity index (χ2v) is 14.0. The van der Waals surface area contributed by atoms with E-state index in [0.29, 0.717) is 5.57 Å². The van der Waals surface area contributed by atoms with Crippen LogP contribution >= 0.6 is 0 Å². The molecule has 0 radical (unpaired) electrons. The summed E-state index contributed by atoms with van der Waals surface area (Å²) in [5.74, 6) is -2.81. The van der Waals surface area contributed by atoms with Crippen LogP contribution in [0.3, 0.4) is 0 Å². The zero-order chi connectivity index (χ0) is 31.6. The summed E-state index contributed by atoms with van der Waals surface area (Å²) in [6.07, 6.45) is -5.60. The zero-order valence-electron chi connectivity index (χ0n) is 25.7. The number of nitrogens with one attached hydrogen (secondary N) is 1. The Morgan fingerprint density at radius 3 is 2.31 bits per heavy atom. The van der Waals surface area contributed by atoms with Crippen LogP contribution in [0.1, 0.15) is 81.1 Å². The molecule has 0 aromatic rings. The predicted molar refractivity (Wildman–Crippen MR) is 147 cm³/mol. The Hall–Kier alpha value is -2.54. The summed E-state index contributed by atoms with van der Waals surface area (Å²) in [6, 6.07) is 0. The first-order chi connectivity index (χ1) is 19.2. The summed E-state index contributed by atoms with van der Waals surface area (Å²) in [6.45, 7) is 13.0. The number of esters is 2. The summed E-state index contributed by atoms with van der Waals surface area (Å²) in [7, 11) is 0. The molecule has 2 bridgehead atoms. The van der Waals surface area contributed by atoms with E-state index in [2.05, 4.69) is 5.32 Å². The molecule has 1 saturated heterocycles. The van der Waals surface area contributed by atoms with Gasteiger partial charge in [-0.25, -0.2) is 4.79 Å². The molecule has 4 N–H and O–H groups in total. The van der Waals surface area contributed by atoms with Gasteiger partial charge in [-0.05, 0) is 52.2 Å². The van der Waals surface area contributed by atoms with Gasteiger partial charge in [-0.15, -0.1) is 0 Å². The molecule has 4 rings (SSSR count). The number of rotatable bonds is 5. The van der Waals surface area contributed by atoms with Crippen LogP contribution in [0.5, 0.6) is 0 Å². The third-order valence-electron chi connectivity index (χ3n) is 9.97. The number of amides is 1. The van der Waals surface area contributed by atoms with Crippen molar-refractivity contribution in [3.8, 4) is 0 Å². The van der Waals surface area contributed by atoms with Gasteiger partial charge in [-0.2, -0.15) is 0 Å². The molecule has 3 aliphatic carbocycles. The van der Waals surface area contributed by atoms with E-state index in [1.807, 2.05) is 0 Å². The molecule has 0 unspecified atom stereocenters. The largest absolute Gasteiger partial charge is 0.458 e. The lowest BCUT2D eigenvalue weighted by molar-refractivity contribution is -0.327. The Morgan fingerprint density at radius 1 is 1.12 bits per heavy atom. The van der Waals surface area contributed by atoms with Crippen molar-refractivity contribution in [1.29, 1.82) is 0 Å². The maximum Gasteiger partial charge on any atom is 0.407 e. The molecule has 8 atom stereocenters. The van der Waals surface area contributed by atoms with E-state index in [-0.39, 0.29) is 44.4 Å². The highest BCUT2D eigenvalue weighted by Gasteiger charge is 2.73. The van der Waals surface area contributed by atoms with Crippen molar-refractivity contribution in [2.24, 2.45) is 16.7 Å². The van der Waals surface area contributed by atoms with Gasteiger partial charge in [0, 0.05) is 37.6 Å². The quantitative estimate of drug-likeness (QED) is 0.207. The van der Waals surface area contributed by atoms with Gasteiger partial charge in [0.1, 0.15) is 23.9 Å². The number of Topliss-reactive ketones (excluding diaryl/α,β-unsaturated/α-hetero) is 1. The van der Waals surface area contributed by atoms with E-state index < -0.39 is 81.8 Å². The molecule has 1 aliphatic heterocycles. The molecule has 1 heterocycles. The van der Waals surface area contributed by atoms with Gasteiger partial charge in [0.2, 0.25) is 0 Å². The Labute approximate surface area is 246 Å². The molecule has 42 heavy (non-hydrogen) atoms. The highest BCUT2D eigenvalue weighted by atomic mass is 16.6. The average Bonchev–Trinajstić information content (AvgIpc) is 2.83. The summed E-state index contributed by atoms with van der Waals surface area (Å²) in [5, 5.41) is 37.9. The van der Waals surface area contributed by atoms with Crippen molar-refractivity contribution in [2.75, 3.05) is 13.2 Å². The molecule has 236 valence electrons. The van der Waals surface area contributed by atoms with Gasteiger partial charge in [-0.3, -0.25) is 14.4 Å². The van der Waals surface area contributed by atoms with E-state index >= 15 is 0 Å². The monoisotopic (exact) mass is 595 g/mol. The fraction of sp³-hybridized carbons (Fsp3) is 0.800. The van der Waals surface area contributed by atoms with Gasteiger partial charge in [-0.1, -0.05) is 13.8 Å². The first-order valence-electron chi connectivity index (χ1n) is 14.5. The van der Waals surface area contributed by atoms with Crippen LogP contribution in [0.15, 0.2) is 11.1 Å². The maximum atomic E-state index is 14.2. The molecule has 0 aromatic carbocycles. The topological polar surface area (TPSA) is 178 Å². The molecular formula is C30H45NO11. The predicted octanol–water partition coefficient (Wildman–Crippen LogP) is 1.71. The highest BCUT2D eigenvalue weighted by Crippen LogP contribution is 2.63. The minimum Gasteiger partial charge on any atom is -0.458 e. The zero-order valence-corrected chi connectivity index (χ0v) is 25.7. The number of carbonyl (C=O) groups excluding carboxylic acids is 4. The van der Waals surface area contributed by atoms with E-state index in [4.69, 9.17) is 18.9 Å². The van der Waals surface area contributed by atoms with Crippen LogP contribution in [0.2, 0.25) is 0 Å². The molecule has 12 heteroatoms. The summed E-state index contributed by atoms with van der Waals surface area (Å²) >= 11 is 0. The van der Waals surface area contributed by atoms with Crippen molar-refractivity contribution in [3.05, 3.63) is 11.1 Å². The third kappa shape index (κ3) is 5.14. The van der Waals surface area contributed by atoms with Gasteiger partial charge in [0.25, 0.3) is 0 Å². The summed E-state index contributed by atoms with van der Waals surface area (Å²) < 4.78 is 22.5. The minimum atomic E-state index is -1.73. The van der Waals surface area contributed by atoms with Crippen LogP contribution < -0.4 is 5.32 Å². The number of ether oxygens (including phenoxy) is 4. The third-order valence-corrected chi connectivity index (χ3v) is 9.97. The molecule has 0 aromatic heterocycles. The number of aliphatic hydroxyl groups excluding tert-OH is 2. The first-order valence-corrected chi connectivity index (χ1v) is 14.5. The standard InChI is InChI=1S/C30H45NO11/c1-15-17(40-21(34)9-10-31-25(37)42-26(3,4)5)12-29(38)13-18-28(8,24(36)23(35)22(15)27(29,6)7)19(33)11-20-30(18,14-39-20)41-16(2)32/h17-20,23,33,35,38H,9-14H2,1-8H3,(H,31,37)/t17-,18-,19-,20+,23+,28-,29+,30+/m0/s1. The van der Waals surface area contributed by atoms with Crippen molar-refractivity contribution >= 4 is 23.8 Å². The normalized spacial score (nSPS) is 39.0. The number of alkyl carbamates (subject to hydrolysis) is 1. The minimum absolute atomic E-state index is 0.0190. The van der Waals surface area contributed by atoms with Crippen LogP contribution in [0.25, 0.3) is 0 Å². The summed E-state index contributed by atoms with van der Waals surface area (Å²) in [5.41, 5.74) is -5.70. The molecule has 1 amide bonds. The number of hydrogen-bond acceptors (Lipinski definition) is 11. The van der Waals surface area contributed by atoms with Crippen molar-refractivity contribution in [3.63, 3.8) is 0 Å². The second-order valence-electron chi connectivity index (χ2n) is 14.0. The lowest BCUT2D eigenvalue weighted by Gasteiger charge is -2.65. The SMILES string of the molecule is CC(=O)O[C@@]12CO[C@@H]1C[C@H](O)[C@@]1(C)C(=O)[C@H](O)C3=C(C)[C@@H](OC(=O)CCNC(=O)OC(C)(C)C)C[C@@](O)(C[C@H]21)C3(C)C. The molecule has 3 fully saturated rings. The van der Waals surface area contributed by atoms with Crippen LogP contribution in [-0.2, 0) is 33.3 Å². The van der Waals surface area contributed by atoms with E-state index in [0.717, 1.165) is 0 Å². The second kappa shape index (κ2) is 10.6.